The van der Waals surface area contributed by atoms with Crippen molar-refractivity contribution in [1.29, 1.82) is 0 Å². The molecule has 1 N–H and O–H groups in total. The Kier molecular flexibility index (Phi) is 5.96. The van der Waals surface area contributed by atoms with Gasteiger partial charge in [-0.3, -0.25) is 4.79 Å². The molecule has 0 heterocycles. The molecule has 4 saturated carbocycles. The summed E-state index contributed by atoms with van der Waals surface area (Å²) in [5, 5.41) is 10.9. The third kappa shape index (κ3) is 3.15. The number of hydrogen-bond donors (Lipinski definition) is 1. The van der Waals surface area contributed by atoms with Crippen molar-refractivity contribution in [3.05, 3.63) is 11.6 Å². The number of hydrogen-bond acceptors (Lipinski definition) is 3. The van der Waals surface area contributed by atoms with E-state index in [1.807, 2.05) is 6.92 Å². The summed E-state index contributed by atoms with van der Waals surface area (Å²) in [5.41, 5.74) is 1.92. The second-order valence-corrected chi connectivity index (χ2v) is 14.9. The summed E-state index contributed by atoms with van der Waals surface area (Å²) in [7, 11) is 0. The maximum Gasteiger partial charge on any atom is 0.312 e. The van der Waals surface area contributed by atoms with Crippen LogP contribution in [-0.2, 0) is 9.53 Å². The molecule has 0 amide bonds. The van der Waals surface area contributed by atoms with Crippen LogP contribution in [0.5, 0.6) is 0 Å². The molecule has 5 aliphatic carbocycles. The number of fused-ring (bicyclic) bond motifs is 7. The van der Waals surface area contributed by atoms with Crippen LogP contribution in [0.25, 0.3) is 0 Å². The lowest BCUT2D eigenvalue weighted by molar-refractivity contribution is -0.207. The summed E-state index contributed by atoms with van der Waals surface area (Å²) < 4.78 is 5.80. The molecule has 0 saturated heterocycles. The fraction of sp³-hybridized carbons (Fsp3) is 0.906. The van der Waals surface area contributed by atoms with E-state index < -0.39 is 0 Å². The van der Waals surface area contributed by atoms with Gasteiger partial charge in [0, 0.05) is 0 Å². The van der Waals surface area contributed by atoms with E-state index in [0.717, 1.165) is 44.9 Å². The fourth-order valence-corrected chi connectivity index (χ4v) is 11.1. The zero-order valence-electron chi connectivity index (χ0n) is 23.9. The smallest absolute Gasteiger partial charge is 0.312 e. The molecular weight excluding hydrogens is 432 g/mol. The summed E-state index contributed by atoms with van der Waals surface area (Å²) in [6.45, 7) is 19.7. The number of aliphatic hydroxyl groups is 1. The summed E-state index contributed by atoms with van der Waals surface area (Å²) >= 11 is 0. The van der Waals surface area contributed by atoms with Gasteiger partial charge >= 0.3 is 5.97 Å². The van der Waals surface area contributed by atoms with Crippen molar-refractivity contribution in [1.82, 2.24) is 0 Å². The molecule has 0 radical (unpaired) electrons. The lowest BCUT2D eigenvalue weighted by atomic mass is 9.33. The van der Waals surface area contributed by atoms with Crippen LogP contribution >= 0.6 is 0 Å². The van der Waals surface area contributed by atoms with E-state index in [0.29, 0.717) is 36.2 Å². The molecule has 0 aliphatic heterocycles. The lowest BCUT2D eigenvalue weighted by Gasteiger charge is -2.71. The minimum Gasteiger partial charge on any atom is -0.466 e. The zero-order chi connectivity index (χ0) is 25.6. The van der Waals surface area contributed by atoms with Gasteiger partial charge in [-0.2, -0.15) is 0 Å². The number of aliphatic hydroxyl groups excluding tert-OH is 1. The van der Waals surface area contributed by atoms with Crippen molar-refractivity contribution >= 4 is 5.97 Å². The van der Waals surface area contributed by atoms with E-state index >= 15 is 0 Å². The lowest BCUT2D eigenvalue weighted by Crippen LogP contribution is -2.65. The standard InChI is InChI=1S/C32H52O3/c1-9-35-27(34)32-17-12-20(2)21(3)26(32)22-10-11-24-29(6)15-14-25(33)28(4,5)23(29)13-16-31(24,8)30(22,7)18-19-32/h10,20-21,23-26,33H,9,11-19H2,1-8H3/t20-,21+,23?,24?,25+,26?,29+,30-,31-,32+/m1/s1. The maximum atomic E-state index is 13.6. The van der Waals surface area contributed by atoms with E-state index in [1.165, 1.54) is 12.8 Å². The Morgan fingerprint density at radius 2 is 1.69 bits per heavy atom. The molecule has 198 valence electrons. The van der Waals surface area contributed by atoms with Crippen molar-refractivity contribution in [3.8, 4) is 0 Å². The van der Waals surface area contributed by atoms with Crippen LogP contribution in [0.2, 0.25) is 0 Å². The summed E-state index contributed by atoms with van der Waals surface area (Å²) in [5.74, 6) is 2.77. The first kappa shape index (κ1) is 25.8. The number of esters is 1. The first-order chi connectivity index (χ1) is 16.3. The molecule has 35 heavy (non-hydrogen) atoms. The molecule has 0 aromatic heterocycles. The first-order valence-electron chi connectivity index (χ1n) is 14.9. The number of ether oxygens (including phenoxy) is 1. The van der Waals surface area contributed by atoms with Crippen LogP contribution in [-0.4, -0.2) is 23.8 Å². The molecule has 0 aromatic carbocycles. The van der Waals surface area contributed by atoms with Crippen molar-refractivity contribution < 1.29 is 14.6 Å². The molecule has 5 rings (SSSR count). The van der Waals surface area contributed by atoms with Gasteiger partial charge in [-0.1, -0.05) is 60.1 Å². The molecular formula is C32H52O3. The van der Waals surface area contributed by atoms with E-state index in [1.54, 1.807) is 5.57 Å². The minimum atomic E-state index is -0.325. The number of allylic oxidation sites excluding steroid dienone is 2. The van der Waals surface area contributed by atoms with Gasteiger partial charge in [-0.25, -0.2) is 0 Å². The van der Waals surface area contributed by atoms with Crippen LogP contribution in [0.4, 0.5) is 0 Å². The predicted molar refractivity (Wildman–Crippen MR) is 142 cm³/mol. The highest BCUT2D eigenvalue weighted by atomic mass is 16.5. The Bertz CT molecular complexity index is 904. The normalized spacial score (nSPS) is 52.8. The monoisotopic (exact) mass is 484 g/mol. The Balaban J connectivity index is 1.60. The van der Waals surface area contributed by atoms with Crippen molar-refractivity contribution in [2.24, 2.45) is 56.7 Å². The molecule has 10 atom stereocenters. The van der Waals surface area contributed by atoms with E-state index in [9.17, 15) is 9.90 Å². The van der Waals surface area contributed by atoms with Crippen molar-refractivity contribution in [2.45, 2.75) is 119 Å². The van der Waals surface area contributed by atoms with Gasteiger partial charge in [-0.05, 0) is 116 Å². The Morgan fingerprint density at radius 1 is 0.971 bits per heavy atom. The van der Waals surface area contributed by atoms with Crippen LogP contribution in [0, 0.1) is 56.7 Å². The van der Waals surface area contributed by atoms with Gasteiger partial charge < -0.3 is 9.84 Å². The van der Waals surface area contributed by atoms with Crippen LogP contribution in [0.15, 0.2) is 11.6 Å². The highest BCUT2D eigenvalue weighted by molar-refractivity contribution is 5.78. The van der Waals surface area contributed by atoms with E-state index in [4.69, 9.17) is 4.74 Å². The van der Waals surface area contributed by atoms with Gasteiger partial charge in [0.1, 0.15) is 0 Å². The van der Waals surface area contributed by atoms with Gasteiger partial charge in [0.15, 0.2) is 0 Å². The van der Waals surface area contributed by atoms with Crippen LogP contribution < -0.4 is 0 Å². The second kappa shape index (κ2) is 8.08. The summed E-state index contributed by atoms with van der Waals surface area (Å²) in [6, 6.07) is 0. The van der Waals surface area contributed by atoms with Gasteiger partial charge in [0.2, 0.25) is 0 Å². The SMILES string of the molecule is CCOC(=O)[C@]12CC[C@@H](C)[C@H](C)C1C1=CCC3[C@@]4(C)CC[C@H](O)C(C)(C)C4CC[C@@]3(C)[C@]1(C)CC2. The predicted octanol–water partition coefficient (Wildman–Crippen LogP) is 7.57. The highest BCUT2D eigenvalue weighted by Crippen LogP contribution is 2.75. The summed E-state index contributed by atoms with van der Waals surface area (Å²) in [4.78, 5) is 13.6. The molecule has 5 aliphatic rings. The molecule has 3 nitrogen and oxygen atoms in total. The van der Waals surface area contributed by atoms with Gasteiger partial charge in [0.25, 0.3) is 0 Å². The fourth-order valence-electron chi connectivity index (χ4n) is 11.1. The second-order valence-electron chi connectivity index (χ2n) is 14.9. The molecule has 0 spiro atoms. The minimum absolute atomic E-state index is 0.0157. The topological polar surface area (TPSA) is 46.5 Å². The van der Waals surface area contributed by atoms with Crippen LogP contribution in [0.3, 0.4) is 0 Å². The van der Waals surface area contributed by atoms with Crippen LogP contribution in [0.1, 0.15) is 113 Å². The van der Waals surface area contributed by atoms with Crippen molar-refractivity contribution in [3.63, 3.8) is 0 Å². The zero-order valence-corrected chi connectivity index (χ0v) is 23.9. The average Bonchev–Trinajstić information content (AvgIpc) is 2.79. The quantitative estimate of drug-likeness (QED) is 0.325. The third-order valence-electron chi connectivity index (χ3n) is 13.7. The van der Waals surface area contributed by atoms with Gasteiger partial charge in [0.05, 0.1) is 18.1 Å². The molecule has 0 bridgehead atoms. The Hall–Kier alpha value is -0.830. The summed E-state index contributed by atoms with van der Waals surface area (Å²) in [6.07, 6.45) is 12.3. The molecule has 3 heteroatoms. The number of rotatable bonds is 2. The molecule has 4 fully saturated rings. The highest BCUT2D eigenvalue weighted by Gasteiger charge is 2.69. The van der Waals surface area contributed by atoms with E-state index in [2.05, 4.69) is 54.5 Å². The molecule has 3 unspecified atom stereocenters. The van der Waals surface area contributed by atoms with Crippen molar-refractivity contribution in [2.75, 3.05) is 6.61 Å². The Labute approximate surface area is 214 Å². The average molecular weight is 485 g/mol. The first-order valence-corrected chi connectivity index (χ1v) is 14.9. The number of carbonyl (C=O) groups excluding carboxylic acids is 1. The Morgan fingerprint density at radius 3 is 2.37 bits per heavy atom. The van der Waals surface area contributed by atoms with Gasteiger partial charge in [-0.15, -0.1) is 0 Å². The van der Waals surface area contributed by atoms with E-state index in [-0.39, 0.29) is 39.1 Å². The largest absolute Gasteiger partial charge is 0.466 e. The maximum absolute atomic E-state index is 13.6. The number of carbonyl (C=O) groups is 1. The third-order valence-corrected chi connectivity index (χ3v) is 13.7. The molecule has 0 aromatic rings.